The second-order valence-electron chi connectivity index (χ2n) is 5.92. The van der Waals surface area contributed by atoms with Gasteiger partial charge in [0.05, 0.1) is 11.6 Å². The number of rotatable bonds is 11. The number of anilines is 1. The molecule has 1 aromatic heterocycles. The van der Waals surface area contributed by atoms with Crippen LogP contribution in [0.3, 0.4) is 0 Å². The van der Waals surface area contributed by atoms with Crippen molar-refractivity contribution in [3.63, 3.8) is 0 Å². The average Bonchev–Trinajstić information content (AvgIpc) is 3.10. The Hall–Kier alpha value is -1.79. The highest BCUT2D eigenvalue weighted by molar-refractivity contribution is 7.09. The summed E-state index contributed by atoms with van der Waals surface area (Å²) in [7, 11) is 0. The van der Waals surface area contributed by atoms with Crippen molar-refractivity contribution in [3.8, 4) is 6.07 Å². The Labute approximate surface area is 144 Å². The fraction of sp³-hybridized carbons (Fsp3) is 0.450. The van der Waals surface area contributed by atoms with E-state index >= 15 is 0 Å². The molecular formula is C20H26N2S. The van der Waals surface area contributed by atoms with Gasteiger partial charge in [0.2, 0.25) is 0 Å². The number of nitrogens with one attached hydrogen (secondary N) is 1. The van der Waals surface area contributed by atoms with Crippen LogP contribution in [-0.4, -0.2) is 6.54 Å². The molecular weight excluding hydrogens is 300 g/mol. The summed E-state index contributed by atoms with van der Waals surface area (Å²) < 4.78 is 0. The molecule has 23 heavy (non-hydrogen) atoms. The number of hydrogen-bond acceptors (Lipinski definition) is 3. The molecule has 0 amide bonds. The number of unbranched alkanes of at least 4 members (excludes halogenated alkanes) is 6. The van der Waals surface area contributed by atoms with Crippen LogP contribution in [0.2, 0.25) is 0 Å². The number of nitrogens with zero attached hydrogens (tertiary/aromatic N) is 1. The van der Waals surface area contributed by atoms with Crippen LogP contribution in [-0.2, 0) is 6.42 Å². The lowest BCUT2D eigenvalue weighted by Gasteiger charge is -2.06. The van der Waals surface area contributed by atoms with Crippen LogP contribution in [0.4, 0.5) is 5.69 Å². The highest BCUT2D eigenvalue weighted by Gasteiger charge is 1.96. The molecule has 0 fully saturated rings. The Morgan fingerprint density at radius 2 is 1.57 bits per heavy atom. The van der Waals surface area contributed by atoms with Gasteiger partial charge in [0, 0.05) is 17.1 Å². The molecule has 0 saturated heterocycles. The lowest BCUT2D eigenvalue weighted by atomic mass is 10.1. The van der Waals surface area contributed by atoms with Crippen LogP contribution in [0, 0.1) is 11.3 Å². The topological polar surface area (TPSA) is 35.8 Å². The van der Waals surface area contributed by atoms with E-state index < -0.39 is 0 Å². The zero-order valence-electron chi connectivity index (χ0n) is 13.8. The molecule has 0 unspecified atom stereocenters. The highest BCUT2D eigenvalue weighted by atomic mass is 32.1. The van der Waals surface area contributed by atoms with E-state index in [2.05, 4.69) is 28.9 Å². The van der Waals surface area contributed by atoms with Crippen molar-refractivity contribution < 1.29 is 0 Å². The minimum Gasteiger partial charge on any atom is -0.385 e. The minimum atomic E-state index is 0.717. The van der Waals surface area contributed by atoms with E-state index in [4.69, 9.17) is 5.26 Å². The van der Waals surface area contributed by atoms with Gasteiger partial charge in [-0.15, -0.1) is 11.3 Å². The summed E-state index contributed by atoms with van der Waals surface area (Å²) in [4.78, 5) is 1.53. The van der Waals surface area contributed by atoms with Crippen LogP contribution in [0.15, 0.2) is 41.8 Å². The summed E-state index contributed by atoms with van der Waals surface area (Å²) in [6.07, 6.45) is 10.5. The lowest BCUT2D eigenvalue weighted by molar-refractivity contribution is 0.586. The first-order chi connectivity index (χ1) is 11.4. The van der Waals surface area contributed by atoms with E-state index in [-0.39, 0.29) is 0 Å². The molecule has 0 spiro atoms. The first-order valence-electron chi connectivity index (χ1n) is 8.65. The molecule has 0 bridgehead atoms. The number of aryl methyl sites for hydroxylation is 1. The Balaban J connectivity index is 1.40. The molecule has 2 aromatic rings. The number of nitriles is 1. The van der Waals surface area contributed by atoms with Crippen LogP contribution in [0.5, 0.6) is 0 Å². The summed E-state index contributed by atoms with van der Waals surface area (Å²) >= 11 is 1.88. The second kappa shape index (κ2) is 10.9. The van der Waals surface area contributed by atoms with Crippen molar-refractivity contribution in [1.29, 1.82) is 5.26 Å². The van der Waals surface area contributed by atoms with E-state index in [9.17, 15) is 0 Å². The van der Waals surface area contributed by atoms with Crippen LogP contribution < -0.4 is 5.32 Å². The van der Waals surface area contributed by atoms with E-state index in [1.807, 2.05) is 35.6 Å². The summed E-state index contributed by atoms with van der Waals surface area (Å²) in [5.74, 6) is 0. The SMILES string of the molecule is N#Cc1ccc(NCCCCCCCCCc2cccs2)cc1. The third-order valence-electron chi connectivity index (χ3n) is 4.02. The summed E-state index contributed by atoms with van der Waals surface area (Å²) in [5.41, 5.74) is 1.83. The van der Waals surface area contributed by atoms with Gasteiger partial charge in [-0.1, -0.05) is 38.2 Å². The Morgan fingerprint density at radius 1 is 0.870 bits per heavy atom. The third kappa shape index (κ3) is 7.34. The molecule has 0 atom stereocenters. The largest absolute Gasteiger partial charge is 0.385 e. The molecule has 2 rings (SSSR count). The van der Waals surface area contributed by atoms with Gasteiger partial charge >= 0.3 is 0 Å². The van der Waals surface area contributed by atoms with Gasteiger partial charge in [-0.05, 0) is 55.0 Å². The minimum absolute atomic E-state index is 0.717. The summed E-state index contributed by atoms with van der Waals surface area (Å²) in [6, 6.07) is 14.2. The predicted octanol–water partition coefficient (Wildman–Crippen LogP) is 6.01. The Bertz CT molecular complexity index is 567. The zero-order valence-corrected chi connectivity index (χ0v) is 14.6. The average molecular weight is 327 g/mol. The molecule has 3 heteroatoms. The van der Waals surface area contributed by atoms with Crippen molar-refractivity contribution >= 4 is 17.0 Å². The number of hydrogen-bond donors (Lipinski definition) is 1. The van der Waals surface area contributed by atoms with Gasteiger partial charge in [0.25, 0.3) is 0 Å². The van der Waals surface area contributed by atoms with Crippen LogP contribution in [0.1, 0.15) is 55.4 Å². The number of thiophene rings is 1. The second-order valence-corrected chi connectivity index (χ2v) is 6.95. The number of benzene rings is 1. The molecule has 0 radical (unpaired) electrons. The fourth-order valence-corrected chi connectivity index (χ4v) is 3.41. The Kier molecular flexibility index (Phi) is 8.29. The standard InChI is InChI=1S/C20H26N2S/c21-17-18-11-13-19(14-12-18)22-15-7-5-3-1-2-4-6-9-20-10-8-16-23-20/h8,10-14,16,22H,1-7,9,15H2. The lowest BCUT2D eigenvalue weighted by Crippen LogP contribution is -2.01. The van der Waals surface area contributed by atoms with Gasteiger partial charge in [-0.25, -0.2) is 0 Å². The quantitative estimate of drug-likeness (QED) is 0.514. The van der Waals surface area contributed by atoms with Gasteiger partial charge < -0.3 is 5.32 Å². The van der Waals surface area contributed by atoms with Gasteiger partial charge in [-0.2, -0.15) is 5.26 Å². The molecule has 0 aliphatic heterocycles. The summed E-state index contributed by atoms with van der Waals surface area (Å²) in [6.45, 7) is 1.02. The maximum Gasteiger partial charge on any atom is 0.0991 e. The molecule has 1 N–H and O–H groups in total. The van der Waals surface area contributed by atoms with Gasteiger partial charge in [0.1, 0.15) is 0 Å². The van der Waals surface area contributed by atoms with Crippen molar-refractivity contribution in [3.05, 3.63) is 52.2 Å². The van der Waals surface area contributed by atoms with Gasteiger partial charge in [0.15, 0.2) is 0 Å². The first kappa shape index (κ1) is 17.6. The maximum atomic E-state index is 8.76. The van der Waals surface area contributed by atoms with Crippen molar-refractivity contribution in [2.45, 2.75) is 51.4 Å². The molecule has 1 aromatic carbocycles. The zero-order chi connectivity index (χ0) is 16.2. The summed E-state index contributed by atoms with van der Waals surface area (Å²) in [5, 5.41) is 14.3. The van der Waals surface area contributed by atoms with Crippen molar-refractivity contribution in [2.75, 3.05) is 11.9 Å². The highest BCUT2D eigenvalue weighted by Crippen LogP contribution is 2.14. The monoisotopic (exact) mass is 326 g/mol. The van der Waals surface area contributed by atoms with Crippen LogP contribution in [0.25, 0.3) is 0 Å². The van der Waals surface area contributed by atoms with Crippen molar-refractivity contribution in [2.24, 2.45) is 0 Å². The van der Waals surface area contributed by atoms with Gasteiger partial charge in [-0.3, -0.25) is 0 Å². The molecule has 1 heterocycles. The molecule has 122 valence electrons. The smallest absolute Gasteiger partial charge is 0.0991 e. The first-order valence-corrected chi connectivity index (χ1v) is 9.53. The fourth-order valence-electron chi connectivity index (χ4n) is 2.66. The molecule has 0 aliphatic carbocycles. The normalized spacial score (nSPS) is 10.4. The third-order valence-corrected chi connectivity index (χ3v) is 4.96. The molecule has 0 saturated carbocycles. The Morgan fingerprint density at radius 3 is 2.22 bits per heavy atom. The maximum absolute atomic E-state index is 8.76. The molecule has 0 aliphatic rings. The molecule has 2 nitrogen and oxygen atoms in total. The van der Waals surface area contributed by atoms with E-state index in [0.29, 0.717) is 0 Å². The van der Waals surface area contributed by atoms with Crippen molar-refractivity contribution in [1.82, 2.24) is 0 Å². The van der Waals surface area contributed by atoms with E-state index in [1.54, 1.807) is 0 Å². The predicted molar refractivity (Wildman–Crippen MR) is 100.0 cm³/mol. The van der Waals surface area contributed by atoms with Crippen LogP contribution >= 0.6 is 11.3 Å². The van der Waals surface area contributed by atoms with E-state index in [0.717, 1.165) is 17.8 Å². The van der Waals surface area contributed by atoms with E-state index in [1.165, 1.54) is 56.2 Å².